The Labute approximate surface area is 116 Å². The molecule has 0 radical (unpaired) electrons. The molecule has 2 heterocycles. The van der Waals surface area contributed by atoms with Crippen molar-refractivity contribution in [2.75, 3.05) is 20.2 Å². The maximum atomic E-state index is 5.64. The minimum atomic E-state index is 0.555. The molecule has 0 saturated carbocycles. The molecule has 3 aromatic rings. The van der Waals surface area contributed by atoms with Gasteiger partial charge in [-0.05, 0) is 19.2 Å². The molecule has 1 aromatic carbocycles. The van der Waals surface area contributed by atoms with E-state index in [-0.39, 0.29) is 0 Å². The van der Waals surface area contributed by atoms with Crippen LogP contribution in [0.1, 0.15) is 0 Å². The van der Waals surface area contributed by atoms with E-state index in [0.717, 1.165) is 23.3 Å². The molecule has 0 spiro atoms. The average Bonchev–Trinajstić information content (AvgIpc) is 2.93. The third kappa shape index (κ3) is 2.33. The maximum absolute atomic E-state index is 5.64. The Morgan fingerprint density at radius 2 is 2.05 bits per heavy atom. The smallest absolute Gasteiger partial charge is 0.227 e. The minimum absolute atomic E-state index is 0.555. The van der Waals surface area contributed by atoms with E-state index in [2.05, 4.69) is 20.4 Å². The first-order valence-corrected chi connectivity index (χ1v) is 6.41. The van der Waals surface area contributed by atoms with Gasteiger partial charge in [0.2, 0.25) is 5.88 Å². The zero-order valence-electron chi connectivity index (χ0n) is 11.2. The number of para-hydroxylation sites is 1. The Balaban J connectivity index is 1.99. The molecule has 0 fully saturated rings. The van der Waals surface area contributed by atoms with Crippen LogP contribution >= 0.6 is 0 Å². The highest BCUT2D eigenvalue weighted by atomic mass is 16.5. The number of nitrogens with zero attached hydrogens (tertiary/aromatic N) is 4. The van der Waals surface area contributed by atoms with Gasteiger partial charge in [0.25, 0.3) is 0 Å². The number of rotatable bonds is 5. The summed E-state index contributed by atoms with van der Waals surface area (Å²) in [5, 5.41) is 8.21. The van der Waals surface area contributed by atoms with Gasteiger partial charge in [0, 0.05) is 6.54 Å². The van der Waals surface area contributed by atoms with Gasteiger partial charge in [-0.25, -0.2) is 14.6 Å². The number of ether oxygens (including phenoxy) is 1. The lowest BCUT2D eigenvalue weighted by atomic mass is 10.3. The van der Waals surface area contributed by atoms with Crippen molar-refractivity contribution in [3.8, 4) is 11.6 Å². The van der Waals surface area contributed by atoms with Crippen LogP contribution in [0.4, 0.5) is 0 Å². The van der Waals surface area contributed by atoms with Crippen LogP contribution < -0.4 is 10.1 Å². The molecular weight excluding hydrogens is 254 g/mol. The number of likely N-dealkylation sites (N-methyl/N-ethyl adjacent to an activating group) is 1. The molecule has 6 nitrogen and oxygen atoms in total. The highest BCUT2D eigenvalue weighted by Crippen LogP contribution is 2.22. The van der Waals surface area contributed by atoms with Gasteiger partial charge in [0.1, 0.15) is 18.3 Å². The van der Waals surface area contributed by atoms with Gasteiger partial charge < -0.3 is 10.1 Å². The minimum Gasteiger partial charge on any atom is -0.476 e. The zero-order chi connectivity index (χ0) is 13.8. The molecule has 0 aliphatic rings. The van der Waals surface area contributed by atoms with Crippen LogP contribution in [0, 0.1) is 0 Å². The fourth-order valence-corrected chi connectivity index (χ4v) is 1.95. The molecule has 1 N–H and O–H groups in total. The van der Waals surface area contributed by atoms with Crippen molar-refractivity contribution in [3.05, 3.63) is 42.9 Å². The molecule has 102 valence electrons. The number of nitrogens with one attached hydrogen (secondary N) is 1. The molecule has 3 rings (SSSR count). The third-order valence-electron chi connectivity index (χ3n) is 2.92. The molecule has 0 saturated heterocycles. The van der Waals surface area contributed by atoms with Crippen LogP contribution in [0.25, 0.3) is 16.7 Å². The summed E-state index contributed by atoms with van der Waals surface area (Å²) in [7, 11) is 1.88. The summed E-state index contributed by atoms with van der Waals surface area (Å²) < 4.78 is 7.42. The van der Waals surface area contributed by atoms with Gasteiger partial charge in [0.05, 0.1) is 11.9 Å². The summed E-state index contributed by atoms with van der Waals surface area (Å²) in [6.07, 6.45) is 3.23. The predicted molar refractivity (Wildman–Crippen MR) is 76.1 cm³/mol. The lowest BCUT2D eigenvalue weighted by Crippen LogP contribution is -2.16. The van der Waals surface area contributed by atoms with E-state index in [0.29, 0.717) is 12.5 Å². The first kappa shape index (κ1) is 12.6. The van der Waals surface area contributed by atoms with E-state index in [1.807, 2.05) is 37.4 Å². The summed E-state index contributed by atoms with van der Waals surface area (Å²) in [4.78, 5) is 8.47. The summed E-state index contributed by atoms with van der Waals surface area (Å²) in [5.41, 5.74) is 1.70. The Hall–Kier alpha value is -2.47. The number of fused-ring (bicyclic) bond motifs is 1. The van der Waals surface area contributed by atoms with Crippen molar-refractivity contribution >= 4 is 11.0 Å². The number of hydrogen-bond acceptors (Lipinski definition) is 5. The van der Waals surface area contributed by atoms with Crippen LogP contribution in [-0.4, -0.2) is 39.9 Å². The topological polar surface area (TPSA) is 64.9 Å². The highest BCUT2D eigenvalue weighted by Gasteiger charge is 2.11. The summed E-state index contributed by atoms with van der Waals surface area (Å²) in [6, 6.07) is 9.87. The number of aromatic nitrogens is 4. The largest absolute Gasteiger partial charge is 0.476 e. The lowest BCUT2D eigenvalue weighted by molar-refractivity contribution is 0.310. The van der Waals surface area contributed by atoms with Crippen molar-refractivity contribution < 1.29 is 4.74 Å². The van der Waals surface area contributed by atoms with Crippen LogP contribution in [-0.2, 0) is 0 Å². The quantitative estimate of drug-likeness (QED) is 0.709. The average molecular weight is 269 g/mol. The van der Waals surface area contributed by atoms with E-state index in [1.54, 1.807) is 10.9 Å². The number of benzene rings is 1. The second-order valence-electron chi connectivity index (χ2n) is 4.26. The van der Waals surface area contributed by atoms with Gasteiger partial charge >= 0.3 is 0 Å². The van der Waals surface area contributed by atoms with Crippen LogP contribution in [0.3, 0.4) is 0 Å². The molecule has 0 bridgehead atoms. The van der Waals surface area contributed by atoms with Crippen LogP contribution in [0.2, 0.25) is 0 Å². The zero-order valence-corrected chi connectivity index (χ0v) is 11.2. The molecular formula is C14H15N5O. The van der Waals surface area contributed by atoms with Gasteiger partial charge in [-0.15, -0.1) is 0 Å². The van der Waals surface area contributed by atoms with Crippen molar-refractivity contribution in [1.82, 2.24) is 25.1 Å². The fourth-order valence-electron chi connectivity index (χ4n) is 1.95. The molecule has 0 atom stereocenters. The van der Waals surface area contributed by atoms with E-state index >= 15 is 0 Å². The summed E-state index contributed by atoms with van der Waals surface area (Å²) >= 11 is 0. The first-order valence-electron chi connectivity index (χ1n) is 6.41. The molecule has 0 unspecified atom stereocenters. The molecule has 2 aromatic heterocycles. The van der Waals surface area contributed by atoms with E-state index in [1.165, 1.54) is 6.33 Å². The van der Waals surface area contributed by atoms with Crippen LogP contribution in [0.15, 0.2) is 42.9 Å². The standard InChI is InChI=1S/C14H15N5O/c1-15-7-8-20-14-12-9-18-19(13(12)16-10-17-14)11-5-3-2-4-6-11/h2-6,9-10,15H,7-8H2,1H3. The summed E-state index contributed by atoms with van der Waals surface area (Å²) in [5.74, 6) is 0.562. The number of hydrogen-bond donors (Lipinski definition) is 1. The van der Waals surface area contributed by atoms with Crippen LogP contribution in [0.5, 0.6) is 5.88 Å². The van der Waals surface area contributed by atoms with Crippen molar-refractivity contribution in [3.63, 3.8) is 0 Å². The monoisotopic (exact) mass is 269 g/mol. The van der Waals surface area contributed by atoms with Gasteiger partial charge in [0.15, 0.2) is 5.65 Å². The molecule has 20 heavy (non-hydrogen) atoms. The normalized spacial score (nSPS) is 10.8. The van der Waals surface area contributed by atoms with E-state index in [4.69, 9.17) is 4.74 Å². The Morgan fingerprint density at radius 1 is 1.20 bits per heavy atom. The fraction of sp³-hybridized carbons (Fsp3) is 0.214. The van der Waals surface area contributed by atoms with E-state index in [9.17, 15) is 0 Å². The van der Waals surface area contributed by atoms with Crippen molar-refractivity contribution in [1.29, 1.82) is 0 Å². The predicted octanol–water partition coefficient (Wildman–Crippen LogP) is 1.41. The Kier molecular flexibility index (Phi) is 3.56. The van der Waals surface area contributed by atoms with Crippen molar-refractivity contribution in [2.45, 2.75) is 0 Å². The highest BCUT2D eigenvalue weighted by molar-refractivity contribution is 5.81. The molecule has 6 heteroatoms. The first-order chi connectivity index (χ1) is 9.90. The van der Waals surface area contributed by atoms with Gasteiger partial charge in [-0.2, -0.15) is 5.10 Å². The Morgan fingerprint density at radius 3 is 2.85 bits per heavy atom. The third-order valence-corrected chi connectivity index (χ3v) is 2.92. The molecule has 0 aliphatic carbocycles. The van der Waals surface area contributed by atoms with E-state index < -0.39 is 0 Å². The summed E-state index contributed by atoms with van der Waals surface area (Å²) in [6.45, 7) is 1.32. The van der Waals surface area contributed by atoms with Gasteiger partial charge in [-0.3, -0.25) is 0 Å². The lowest BCUT2D eigenvalue weighted by Gasteiger charge is -2.06. The second-order valence-corrected chi connectivity index (χ2v) is 4.26. The second kappa shape index (κ2) is 5.66. The van der Waals surface area contributed by atoms with Crippen molar-refractivity contribution in [2.24, 2.45) is 0 Å². The SMILES string of the molecule is CNCCOc1ncnc2c1cnn2-c1ccccc1. The molecule has 0 aliphatic heterocycles. The Bertz CT molecular complexity index is 695. The maximum Gasteiger partial charge on any atom is 0.227 e. The van der Waals surface area contributed by atoms with Gasteiger partial charge in [-0.1, -0.05) is 18.2 Å². The molecule has 0 amide bonds.